The zero-order valence-electron chi connectivity index (χ0n) is 80.3. The van der Waals surface area contributed by atoms with Crippen LogP contribution in [0, 0.1) is 0 Å². The molecular formula is C144H84N4. The molecule has 30 aromatic carbocycles. The molecular weight excluding hydrogens is 1790 g/mol. The van der Waals surface area contributed by atoms with E-state index in [9.17, 15) is 0 Å². The summed E-state index contributed by atoms with van der Waals surface area (Å²) in [5.41, 5.74) is 19.1. The Morgan fingerprint density at radius 3 is 0.628 bits per heavy atom. The average molecular weight is 1870 g/mol. The molecule has 0 N–H and O–H groups in total. The van der Waals surface area contributed by atoms with Gasteiger partial charge in [0.25, 0.3) is 0 Å². The maximum absolute atomic E-state index is 2.55. The van der Waals surface area contributed by atoms with E-state index in [-0.39, 0.29) is 0 Å². The van der Waals surface area contributed by atoms with Gasteiger partial charge in [-0.1, -0.05) is 413 Å². The summed E-state index contributed by atoms with van der Waals surface area (Å²) in [5, 5.41) is 55.7. The molecule has 4 heteroatoms. The fourth-order valence-electron chi connectivity index (χ4n) is 26.8. The van der Waals surface area contributed by atoms with Gasteiger partial charge in [-0.3, -0.25) is 0 Å². The van der Waals surface area contributed by atoms with E-state index < -0.39 is 0 Å². The molecule has 0 bridgehead atoms. The highest BCUT2D eigenvalue weighted by Crippen LogP contribution is 2.53. The lowest BCUT2D eigenvalue weighted by Gasteiger charge is -2.19. The molecule has 4 aromatic heterocycles. The molecule has 4 nitrogen and oxygen atoms in total. The van der Waals surface area contributed by atoms with Gasteiger partial charge in [-0.05, 0) is 276 Å². The molecule has 0 aliphatic heterocycles. The van der Waals surface area contributed by atoms with Gasteiger partial charge in [0.1, 0.15) is 0 Å². The summed E-state index contributed by atoms with van der Waals surface area (Å²) >= 11 is 0. The molecule has 0 saturated heterocycles. The number of hydrogen-bond donors (Lipinski definition) is 0. The summed E-state index contributed by atoms with van der Waals surface area (Å²) in [7, 11) is 0. The number of aromatic nitrogens is 4. The van der Waals surface area contributed by atoms with Crippen molar-refractivity contribution in [3.05, 3.63) is 510 Å². The van der Waals surface area contributed by atoms with Crippen LogP contribution in [0.5, 0.6) is 0 Å². The largest absolute Gasteiger partial charge is 0.309 e. The Morgan fingerprint density at radius 1 is 0.0878 bits per heavy atom. The van der Waals surface area contributed by atoms with Crippen LogP contribution in [0.4, 0.5) is 0 Å². The first-order valence-electron chi connectivity index (χ1n) is 51.5. The van der Waals surface area contributed by atoms with E-state index in [4.69, 9.17) is 0 Å². The fourth-order valence-corrected chi connectivity index (χ4v) is 26.8. The van der Waals surface area contributed by atoms with Crippen molar-refractivity contribution in [3.8, 4) is 45.0 Å². The summed E-state index contributed by atoms with van der Waals surface area (Å²) < 4.78 is 10.1. The van der Waals surface area contributed by atoms with Crippen LogP contribution in [0.15, 0.2) is 510 Å². The molecule has 0 atom stereocenters. The average Bonchev–Trinajstić information content (AvgIpc) is 1.38. The van der Waals surface area contributed by atoms with Crippen LogP contribution in [-0.4, -0.2) is 18.3 Å². The predicted octanol–water partition coefficient (Wildman–Crippen LogP) is 39.9. The molecule has 0 aliphatic rings. The topological polar surface area (TPSA) is 19.7 Å². The van der Waals surface area contributed by atoms with Crippen molar-refractivity contribution in [3.63, 3.8) is 0 Å². The van der Waals surface area contributed by atoms with Gasteiger partial charge in [0.05, 0.1) is 66.9 Å². The summed E-state index contributed by atoms with van der Waals surface area (Å²) in [6, 6.07) is 191. The second-order valence-corrected chi connectivity index (χ2v) is 40.6. The third-order valence-corrected chi connectivity index (χ3v) is 33.2. The highest BCUT2D eigenvalue weighted by Gasteiger charge is 2.28. The van der Waals surface area contributed by atoms with E-state index in [1.165, 1.54) is 326 Å². The van der Waals surface area contributed by atoms with E-state index in [2.05, 4.69) is 528 Å². The van der Waals surface area contributed by atoms with Gasteiger partial charge in [-0.25, -0.2) is 0 Å². The smallest absolute Gasteiger partial charge is 0.0553 e. The van der Waals surface area contributed by atoms with Gasteiger partial charge in [-0.2, -0.15) is 0 Å². The van der Waals surface area contributed by atoms with Crippen molar-refractivity contribution < 1.29 is 0 Å². The molecule has 4 heterocycles. The first kappa shape index (κ1) is 81.1. The van der Waals surface area contributed by atoms with Crippen molar-refractivity contribution >= 4 is 281 Å². The minimum atomic E-state index is 1.19. The molecule has 0 unspecified atom stereocenters. The zero-order valence-corrected chi connectivity index (χ0v) is 80.3. The van der Waals surface area contributed by atoms with E-state index in [1.807, 2.05) is 0 Å². The Balaban J connectivity index is 0.000000130. The highest BCUT2D eigenvalue weighted by atomic mass is 15.0. The van der Waals surface area contributed by atoms with Crippen molar-refractivity contribution in [1.29, 1.82) is 0 Å². The standard InChI is InChI=1S/C76H44N2.C68H40N2/c1-3-19-49-45(17-1)34-38-62-73-59-29-11-9-23-53(59)51-21-5-7-25-55(51)65(73)44-72(74(49)62)78-68-32-16-14-28-58(68)64-42-48(36-40-70(64)78)47-35-39-69-63(41-47)57-27-13-15-31-67(57)77(69)71-43-66-56-26-8-6-22-52(56)54-24-10-12-30-60(54)76(66)75-50-20-4-2-18-46(50)33-37-61(71)75;1-5-17-49-41(13-1)25-27-47-39-63(55-33-29-43-15-3-7-19-51(43)67(55)65(47)49)69-59-23-11-9-21-53(59)57-37-45(31-35-61(57)69)46-32-36-62-58(38-46)54-22-10-12-24-60(54)70(62)64-40-48-28-26-42-14-2-6-18-50(42)66(48)68-52-20-8-4-16-44(52)30-34-56(64)68/h1-44H;1-40H. The molecule has 0 saturated carbocycles. The lowest BCUT2D eigenvalue weighted by Crippen LogP contribution is -1.98. The minimum absolute atomic E-state index is 1.19. The van der Waals surface area contributed by atoms with E-state index in [0.29, 0.717) is 0 Å². The van der Waals surface area contributed by atoms with Crippen molar-refractivity contribution in [2.75, 3.05) is 0 Å². The van der Waals surface area contributed by atoms with Gasteiger partial charge in [0, 0.05) is 80.8 Å². The van der Waals surface area contributed by atoms with Gasteiger partial charge >= 0.3 is 0 Å². The van der Waals surface area contributed by atoms with Crippen LogP contribution in [0.1, 0.15) is 0 Å². The summed E-state index contributed by atoms with van der Waals surface area (Å²) in [4.78, 5) is 0. The zero-order chi connectivity index (χ0) is 96.3. The Labute approximate surface area is 847 Å². The maximum Gasteiger partial charge on any atom is 0.0553 e. The van der Waals surface area contributed by atoms with Crippen molar-refractivity contribution in [2.24, 2.45) is 0 Å². The summed E-state index contributed by atoms with van der Waals surface area (Å²) in [6.07, 6.45) is 0. The molecule has 34 rings (SSSR count). The fraction of sp³-hybridized carbons (Fsp3) is 0. The third kappa shape index (κ3) is 11.5. The molecule has 0 radical (unpaired) electrons. The van der Waals surface area contributed by atoms with Crippen LogP contribution in [0.25, 0.3) is 326 Å². The summed E-state index contributed by atoms with van der Waals surface area (Å²) in [5.74, 6) is 0. The van der Waals surface area contributed by atoms with Gasteiger partial charge in [0.15, 0.2) is 0 Å². The lowest BCUT2D eigenvalue weighted by molar-refractivity contribution is 1.20. The van der Waals surface area contributed by atoms with E-state index >= 15 is 0 Å². The van der Waals surface area contributed by atoms with Gasteiger partial charge in [0.2, 0.25) is 0 Å². The first-order chi connectivity index (χ1) is 73.5. The van der Waals surface area contributed by atoms with Crippen molar-refractivity contribution in [2.45, 2.75) is 0 Å². The molecule has 0 fully saturated rings. The van der Waals surface area contributed by atoms with Crippen molar-refractivity contribution in [1.82, 2.24) is 18.3 Å². The molecule has 34 aromatic rings. The molecule has 0 spiro atoms. The molecule has 680 valence electrons. The number of nitrogens with zero attached hydrogens (tertiary/aromatic N) is 4. The Morgan fingerprint density at radius 2 is 0.291 bits per heavy atom. The van der Waals surface area contributed by atoms with Gasteiger partial charge in [-0.15, -0.1) is 0 Å². The Kier molecular flexibility index (Phi) is 17.0. The highest BCUT2D eigenvalue weighted by molar-refractivity contribution is 6.40. The second kappa shape index (κ2) is 31.0. The van der Waals surface area contributed by atoms with Crippen LogP contribution < -0.4 is 0 Å². The van der Waals surface area contributed by atoms with Crippen LogP contribution >= 0.6 is 0 Å². The van der Waals surface area contributed by atoms with E-state index in [1.54, 1.807) is 0 Å². The third-order valence-electron chi connectivity index (χ3n) is 33.2. The number of para-hydroxylation sites is 4. The Bertz CT molecular complexity index is 11700. The quantitative estimate of drug-likeness (QED) is 0.148. The summed E-state index contributed by atoms with van der Waals surface area (Å²) in [6.45, 7) is 0. The second-order valence-electron chi connectivity index (χ2n) is 40.6. The van der Waals surface area contributed by atoms with Crippen LogP contribution in [-0.2, 0) is 0 Å². The van der Waals surface area contributed by atoms with Crippen LogP contribution in [0.2, 0.25) is 0 Å². The number of rotatable bonds is 6. The number of benzene rings is 30. The maximum atomic E-state index is 2.55. The molecule has 0 amide bonds. The molecule has 148 heavy (non-hydrogen) atoms. The van der Waals surface area contributed by atoms with E-state index in [0.717, 1.165) is 0 Å². The SMILES string of the molecule is c1ccc2c(c1)ccc1c2c(-n2c3ccccc3c3cc(-c4ccc5c(c4)c4ccccc4n5-c4cc5c6ccccc6c6ccccc6c5c5c4ccc4ccccc45)ccc32)cc2c3ccccc3c3ccccc3c21.c1ccc2c(c1)ccc1cc(-n3c4ccccc4c4cc(-c5ccc6c(c5)c5ccccc5n6-c5cc6ccc7ccccc7c6c6c5ccc5ccccc56)ccc43)c3ccc4ccccc4c3c12. The normalized spacial score (nSPS) is 12.3. The lowest BCUT2D eigenvalue weighted by atomic mass is 9.88. The number of fused-ring (bicyclic) bond motifs is 46. The van der Waals surface area contributed by atoms with Gasteiger partial charge < -0.3 is 18.3 Å². The molecule has 0 aliphatic carbocycles. The predicted molar refractivity (Wildman–Crippen MR) is 636 cm³/mol. The monoisotopic (exact) mass is 1870 g/mol. The number of hydrogen-bond acceptors (Lipinski definition) is 0. The van der Waals surface area contributed by atoms with Crippen LogP contribution in [0.3, 0.4) is 0 Å². The minimum Gasteiger partial charge on any atom is -0.309 e. The first-order valence-corrected chi connectivity index (χ1v) is 51.5. The Hall–Kier alpha value is -19.5.